The molecular formula is C11H19NO6S. The first kappa shape index (κ1) is 15.9. The molecule has 110 valence electrons. The molecule has 1 rings (SSSR count). The molecule has 0 aromatic carbocycles. The van der Waals surface area contributed by atoms with E-state index in [0.717, 1.165) is 0 Å². The van der Waals surface area contributed by atoms with Crippen molar-refractivity contribution >= 4 is 22.0 Å². The number of hydrogen-bond acceptors (Lipinski definition) is 5. The molecule has 8 heteroatoms. The van der Waals surface area contributed by atoms with Crippen LogP contribution in [-0.2, 0) is 24.3 Å². The van der Waals surface area contributed by atoms with Gasteiger partial charge in [-0.05, 0) is 26.2 Å². The third-order valence-corrected chi connectivity index (χ3v) is 5.29. The second-order valence-corrected chi connectivity index (χ2v) is 6.72. The smallest absolute Gasteiger partial charge is 0.307 e. The van der Waals surface area contributed by atoms with Crippen LogP contribution < -0.4 is 4.72 Å². The Labute approximate surface area is 112 Å². The molecule has 0 amide bonds. The largest absolute Gasteiger partial charge is 0.481 e. The van der Waals surface area contributed by atoms with Gasteiger partial charge in [-0.2, -0.15) is 0 Å². The van der Waals surface area contributed by atoms with E-state index in [-0.39, 0.29) is 32.4 Å². The van der Waals surface area contributed by atoms with Gasteiger partial charge in [0.2, 0.25) is 10.0 Å². The first-order chi connectivity index (χ1) is 8.83. The third kappa shape index (κ3) is 4.46. The number of carboxylic acids is 1. The zero-order valence-corrected chi connectivity index (χ0v) is 11.7. The van der Waals surface area contributed by atoms with E-state index in [0.29, 0.717) is 12.8 Å². The van der Waals surface area contributed by atoms with Gasteiger partial charge in [-0.25, -0.2) is 13.1 Å². The molecule has 0 unspecified atom stereocenters. The molecule has 0 bridgehead atoms. The molecule has 0 atom stereocenters. The molecule has 1 aliphatic rings. The Morgan fingerprint density at radius 1 is 1.37 bits per heavy atom. The van der Waals surface area contributed by atoms with Crippen molar-refractivity contribution in [3.05, 3.63) is 0 Å². The van der Waals surface area contributed by atoms with Crippen LogP contribution in [0.15, 0.2) is 0 Å². The zero-order chi connectivity index (χ0) is 14.5. The standard InChI is InChI=1S/C11H19NO6S/c1-2-18-10(15)8-11(5-6-11)19(16,17)12-7-3-4-9(13)14/h12H,2-8H2,1H3,(H,13,14). The predicted molar refractivity (Wildman–Crippen MR) is 67.0 cm³/mol. The van der Waals surface area contributed by atoms with Crippen LogP contribution in [0.4, 0.5) is 0 Å². The van der Waals surface area contributed by atoms with Crippen LogP contribution in [0.25, 0.3) is 0 Å². The topological polar surface area (TPSA) is 110 Å². The summed E-state index contributed by atoms with van der Waals surface area (Å²) in [6.07, 6.45) is 0.854. The first-order valence-electron chi connectivity index (χ1n) is 6.19. The van der Waals surface area contributed by atoms with Gasteiger partial charge in [0.15, 0.2) is 0 Å². The Morgan fingerprint density at radius 3 is 2.47 bits per heavy atom. The van der Waals surface area contributed by atoms with Crippen LogP contribution in [-0.4, -0.2) is 43.4 Å². The number of carbonyl (C=O) groups is 2. The van der Waals surface area contributed by atoms with Gasteiger partial charge < -0.3 is 9.84 Å². The average molecular weight is 293 g/mol. The number of esters is 1. The van der Waals surface area contributed by atoms with Gasteiger partial charge in [-0.3, -0.25) is 9.59 Å². The molecule has 1 fully saturated rings. The Morgan fingerprint density at radius 2 is 2.00 bits per heavy atom. The van der Waals surface area contributed by atoms with Crippen LogP contribution in [0.2, 0.25) is 0 Å². The number of hydrogen-bond donors (Lipinski definition) is 2. The lowest BCUT2D eigenvalue weighted by molar-refractivity contribution is -0.143. The molecule has 0 heterocycles. The van der Waals surface area contributed by atoms with E-state index in [2.05, 4.69) is 4.72 Å². The van der Waals surface area contributed by atoms with Crippen LogP contribution in [0.1, 0.15) is 39.0 Å². The predicted octanol–water partition coefficient (Wildman–Crippen LogP) is 0.256. The van der Waals surface area contributed by atoms with E-state index < -0.39 is 26.7 Å². The van der Waals surface area contributed by atoms with Crippen molar-refractivity contribution in [2.24, 2.45) is 0 Å². The summed E-state index contributed by atoms with van der Waals surface area (Å²) in [5.41, 5.74) is 0. The molecule has 0 aromatic heterocycles. The molecule has 19 heavy (non-hydrogen) atoms. The summed E-state index contributed by atoms with van der Waals surface area (Å²) in [6.45, 7) is 1.95. The van der Waals surface area contributed by atoms with Gasteiger partial charge in [0, 0.05) is 13.0 Å². The van der Waals surface area contributed by atoms with E-state index in [1.165, 1.54) is 0 Å². The highest BCUT2D eigenvalue weighted by Crippen LogP contribution is 2.46. The summed E-state index contributed by atoms with van der Waals surface area (Å²) >= 11 is 0. The van der Waals surface area contributed by atoms with Crippen molar-refractivity contribution < 1.29 is 27.9 Å². The quantitative estimate of drug-likeness (QED) is 0.466. The molecule has 0 aromatic rings. The highest BCUT2D eigenvalue weighted by atomic mass is 32.2. The van der Waals surface area contributed by atoms with E-state index in [1.54, 1.807) is 6.92 Å². The highest BCUT2D eigenvalue weighted by Gasteiger charge is 2.55. The number of carboxylic acid groups (broad SMARTS) is 1. The normalized spacial score (nSPS) is 16.9. The van der Waals surface area contributed by atoms with E-state index in [4.69, 9.17) is 9.84 Å². The Balaban J connectivity index is 2.47. The zero-order valence-electron chi connectivity index (χ0n) is 10.8. The summed E-state index contributed by atoms with van der Waals surface area (Å²) in [7, 11) is -3.60. The maximum atomic E-state index is 12.0. The summed E-state index contributed by atoms with van der Waals surface area (Å²) in [4.78, 5) is 21.7. The maximum absolute atomic E-state index is 12.0. The molecule has 0 radical (unpaired) electrons. The minimum atomic E-state index is -3.60. The monoisotopic (exact) mass is 293 g/mol. The Kier molecular flexibility index (Phi) is 5.30. The second kappa shape index (κ2) is 6.33. The number of nitrogens with one attached hydrogen (secondary N) is 1. The third-order valence-electron chi connectivity index (χ3n) is 3.01. The lowest BCUT2D eigenvalue weighted by Gasteiger charge is -2.16. The second-order valence-electron chi connectivity index (χ2n) is 4.56. The van der Waals surface area contributed by atoms with Gasteiger partial charge in [0.05, 0.1) is 17.8 Å². The summed E-state index contributed by atoms with van der Waals surface area (Å²) < 4.78 is 30.1. The summed E-state index contributed by atoms with van der Waals surface area (Å²) in [5, 5.41) is 8.45. The van der Waals surface area contributed by atoms with Gasteiger partial charge in [-0.15, -0.1) is 0 Å². The molecular weight excluding hydrogens is 274 g/mol. The molecule has 1 aliphatic carbocycles. The van der Waals surface area contributed by atoms with Crippen molar-refractivity contribution in [1.82, 2.24) is 4.72 Å². The van der Waals surface area contributed by atoms with Crippen molar-refractivity contribution in [1.29, 1.82) is 0 Å². The lowest BCUT2D eigenvalue weighted by atomic mass is 10.3. The molecule has 1 saturated carbocycles. The minimum Gasteiger partial charge on any atom is -0.481 e. The highest BCUT2D eigenvalue weighted by molar-refractivity contribution is 7.91. The molecule has 0 spiro atoms. The van der Waals surface area contributed by atoms with Crippen LogP contribution in [0.5, 0.6) is 0 Å². The van der Waals surface area contributed by atoms with Crippen molar-refractivity contribution in [2.45, 2.75) is 43.8 Å². The van der Waals surface area contributed by atoms with E-state index in [9.17, 15) is 18.0 Å². The fraction of sp³-hybridized carbons (Fsp3) is 0.818. The number of carbonyl (C=O) groups excluding carboxylic acids is 1. The molecule has 2 N–H and O–H groups in total. The summed E-state index contributed by atoms with van der Waals surface area (Å²) in [6, 6.07) is 0. The van der Waals surface area contributed by atoms with E-state index >= 15 is 0 Å². The number of aliphatic carboxylic acids is 1. The number of ether oxygens (including phenoxy) is 1. The maximum Gasteiger partial charge on any atom is 0.307 e. The molecule has 7 nitrogen and oxygen atoms in total. The molecule has 0 aliphatic heterocycles. The fourth-order valence-corrected chi connectivity index (χ4v) is 3.42. The fourth-order valence-electron chi connectivity index (χ4n) is 1.75. The van der Waals surface area contributed by atoms with Crippen LogP contribution in [0.3, 0.4) is 0 Å². The number of rotatable bonds is 9. The first-order valence-corrected chi connectivity index (χ1v) is 7.68. The van der Waals surface area contributed by atoms with Crippen molar-refractivity contribution in [2.75, 3.05) is 13.2 Å². The van der Waals surface area contributed by atoms with Crippen molar-refractivity contribution in [3.63, 3.8) is 0 Å². The summed E-state index contributed by atoms with van der Waals surface area (Å²) in [5.74, 6) is -1.48. The van der Waals surface area contributed by atoms with Gasteiger partial charge in [0.1, 0.15) is 0 Å². The van der Waals surface area contributed by atoms with E-state index in [1.807, 2.05) is 0 Å². The minimum absolute atomic E-state index is 0.0687. The van der Waals surface area contributed by atoms with Crippen molar-refractivity contribution in [3.8, 4) is 0 Å². The Hall–Kier alpha value is -1.15. The molecule has 0 saturated heterocycles. The SMILES string of the molecule is CCOC(=O)CC1(S(=O)(=O)NCCCC(=O)O)CC1. The van der Waals surface area contributed by atoms with Gasteiger partial charge in [-0.1, -0.05) is 0 Å². The Bertz CT molecular complexity index is 440. The average Bonchev–Trinajstić information content (AvgIpc) is 3.06. The van der Waals surface area contributed by atoms with Gasteiger partial charge in [0.25, 0.3) is 0 Å². The van der Waals surface area contributed by atoms with Gasteiger partial charge >= 0.3 is 11.9 Å². The van der Waals surface area contributed by atoms with Crippen LogP contribution >= 0.6 is 0 Å². The lowest BCUT2D eigenvalue weighted by Crippen LogP contribution is -2.38. The number of sulfonamides is 1. The van der Waals surface area contributed by atoms with Crippen LogP contribution in [0, 0.1) is 0 Å².